The standard InChI is InChI=1S/C15H19N5O2/c1-21-14-7-13(19-15(16)20-14)18-12-9-22-8-11(12)6-10-2-4-17-5-3-10/h2-5,7,11-12H,6,8-9H2,1H3,(H3,16,18,19,20)/t11-,12-/m1/s1. The fourth-order valence-corrected chi connectivity index (χ4v) is 2.59. The first kappa shape index (κ1) is 14.5. The third kappa shape index (κ3) is 3.43. The van der Waals surface area contributed by atoms with E-state index >= 15 is 0 Å². The molecule has 0 saturated carbocycles. The summed E-state index contributed by atoms with van der Waals surface area (Å²) in [6.07, 6.45) is 4.55. The molecule has 2 aromatic heterocycles. The fraction of sp³-hybridized carbons (Fsp3) is 0.400. The SMILES string of the molecule is COc1cc(N[C@@H]2COC[C@H]2Cc2ccncc2)nc(N)n1. The second-order valence-corrected chi connectivity index (χ2v) is 5.26. The monoisotopic (exact) mass is 301 g/mol. The largest absolute Gasteiger partial charge is 0.481 e. The summed E-state index contributed by atoms with van der Waals surface area (Å²) in [6, 6.07) is 5.97. The lowest BCUT2D eigenvalue weighted by Gasteiger charge is -2.20. The van der Waals surface area contributed by atoms with E-state index in [9.17, 15) is 0 Å². The van der Waals surface area contributed by atoms with Crippen LogP contribution < -0.4 is 15.8 Å². The van der Waals surface area contributed by atoms with E-state index in [0.29, 0.717) is 24.2 Å². The van der Waals surface area contributed by atoms with E-state index in [4.69, 9.17) is 15.2 Å². The number of nitrogens with zero attached hydrogens (tertiary/aromatic N) is 3. The predicted molar refractivity (Wildman–Crippen MR) is 82.7 cm³/mol. The summed E-state index contributed by atoms with van der Waals surface area (Å²) < 4.78 is 10.7. The summed E-state index contributed by atoms with van der Waals surface area (Å²) >= 11 is 0. The molecule has 3 heterocycles. The first-order valence-electron chi connectivity index (χ1n) is 7.16. The maximum Gasteiger partial charge on any atom is 0.225 e. The average molecular weight is 301 g/mol. The van der Waals surface area contributed by atoms with Crippen LogP contribution in [-0.4, -0.2) is 41.3 Å². The third-order valence-corrected chi connectivity index (χ3v) is 3.71. The normalized spacial score (nSPS) is 20.8. The van der Waals surface area contributed by atoms with E-state index in [1.54, 1.807) is 13.2 Å². The molecular weight excluding hydrogens is 282 g/mol. The predicted octanol–water partition coefficient (Wildman–Crippen LogP) is 1.13. The molecule has 0 unspecified atom stereocenters. The van der Waals surface area contributed by atoms with Gasteiger partial charge in [0.15, 0.2) is 0 Å². The quantitative estimate of drug-likeness (QED) is 0.854. The van der Waals surface area contributed by atoms with Gasteiger partial charge < -0.3 is 20.5 Å². The number of rotatable bonds is 5. The maximum atomic E-state index is 5.69. The summed E-state index contributed by atoms with van der Waals surface area (Å²) in [4.78, 5) is 12.2. The van der Waals surface area contributed by atoms with Gasteiger partial charge >= 0.3 is 0 Å². The molecule has 0 aliphatic carbocycles. The summed E-state index contributed by atoms with van der Waals surface area (Å²) in [6.45, 7) is 1.36. The number of nitrogens with two attached hydrogens (primary N) is 1. The van der Waals surface area contributed by atoms with E-state index in [0.717, 1.165) is 13.0 Å². The molecule has 2 atom stereocenters. The number of ether oxygens (including phenoxy) is 2. The van der Waals surface area contributed by atoms with Gasteiger partial charge in [0.2, 0.25) is 11.8 Å². The van der Waals surface area contributed by atoms with Crippen LogP contribution in [0.5, 0.6) is 5.88 Å². The molecule has 7 nitrogen and oxygen atoms in total. The molecule has 1 aliphatic heterocycles. The molecule has 0 amide bonds. The van der Waals surface area contributed by atoms with Crippen LogP contribution >= 0.6 is 0 Å². The molecule has 0 spiro atoms. The molecule has 2 aromatic rings. The summed E-state index contributed by atoms with van der Waals surface area (Å²) in [5.74, 6) is 1.65. The number of nitrogens with one attached hydrogen (secondary N) is 1. The van der Waals surface area contributed by atoms with E-state index in [2.05, 4.69) is 20.3 Å². The van der Waals surface area contributed by atoms with Crippen LogP contribution in [0.4, 0.5) is 11.8 Å². The zero-order valence-corrected chi connectivity index (χ0v) is 12.4. The molecule has 0 aromatic carbocycles. The number of pyridine rings is 1. The number of hydrogen-bond acceptors (Lipinski definition) is 7. The Kier molecular flexibility index (Phi) is 4.34. The van der Waals surface area contributed by atoms with Crippen molar-refractivity contribution < 1.29 is 9.47 Å². The van der Waals surface area contributed by atoms with Gasteiger partial charge in [0.05, 0.1) is 26.4 Å². The van der Waals surface area contributed by atoms with Crippen molar-refractivity contribution in [3.05, 3.63) is 36.2 Å². The molecule has 22 heavy (non-hydrogen) atoms. The van der Waals surface area contributed by atoms with Gasteiger partial charge in [-0.05, 0) is 24.1 Å². The minimum atomic E-state index is 0.173. The highest BCUT2D eigenvalue weighted by molar-refractivity contribution is 5.44. The molecule has 3 N–H and O–H groups in total. The van der Waals surface area contributed by atoms with Crippen LogP contribution in [0.15, 0.2) is 30.6 Å². The zero-order valence-electron chi connectivity index (χ0n) is 12.4. The Hall–Kier alpha value is -2.41. The highest BCUT2D eigenvalue weighted by atomic mass is 16.5. The third-order valence-electron chi connectivity index (χ3n) is 3.71. The van der Waals surface area contributed by atoms with Gasteiger partial charge in [0.1, 0.15) is 5.82 Å². The van der Waals surface area contributed by atoms with E-state index in [-0.39, 0.29) is 12.0 Å². The van der Waals surface area contributed by atoms with Crippen molar-refractivity contribution in [1.82, 2.24) is 15.0 Å². The van der Waals surface area contributed by atoms with Crippen molar-refractivity contribution >= 4 is 11.8 Å². The second kappa shape index (κ2) is 6.57. The highest BCUT2D eigenvalue weighted by Gasteiger charge is 2.28. The molecule has 7 heteroatoms. The molecule has 1 aliphatic rings. The van der Waals surface area contributed by atoms with Gasteiger partial charge in [0.25, 0.3) is 0 Å². The van der Waals surface area contributed by atoms with Crippen LogP contribution in [0.1, 0.15) is 5.56 Å². The number of aromatic nitrogens is 3. The fourth-order valence-electron chi connectivity index (χ4n) is 2.59. The van der Waals surface area contributed by atoms with E-state index in [1.807, 2.05) is 24.5 Å². The van der Waals surface area contributed by atoms with Crippen LogP contribution in [0, 0.1) is 5.92 Å². The summed E-state index contributed by atoms with van der Waals surface area (Å²) in [5.41, 5.74) is 6.93. The van der Waals surface area contributed by atoms with Crippen LogP contribution in [0.25, 0.3) is 0 Å². The number of nitrogen functional groups attached to an aromatic ring is 1. The highest BCUT2D eigenvalue weighted by Crippen LogP contribution is 2.23. The lowest BCUT2D eigenvalue weighted by atomic mass is 9.95. The second-order valence-electron chi connectivity index (χ2n) is 5.26. The Balaban J connectivity index is 1.70. The average Bonchev–Trinajstić information content (AvgIpc) is 2.94. The Labute approximate surface area is 128 Å². The van der Waals surface area contributed by atoms with Gasteiger partial charge in [-0.1, -0.05) is 0 Å². The number of anilines is 2. The van der Waals surface area contributed by atoms with Gasteiger partial charge in [-0.3, -0.25) is 4.98 Å². The summed E-state index contributed by atoms with van der Waals surface area (Å²) in [5, 5.41) is 3.38. The van der Waals surface area contributed by atoms with Crippen LogP contribution in [0.2, 0.25) is 0 Å². The smallest absolute Gasteiger partial charge is 0.225 e. The molecule has 1 saturated heterocycles. The van der Waals surface area contributed by atoms with Crippen molar-refractivity contribution in [1.29, 1.82) is 0 Å². The van der Waals surface area contributed by atoms with Crippen molar-refractivity contribution in [2.45, 2.75) is 12.5 Å². The molecule has 0 radical (unpaired) electrons. The van der Waals surface area contributed by atoms with Crippen molar-refractivity contribution in [3.63, 3.8) is 0 Å². The Morgan fingerprint density at radius 3 is 2.91 bits per heavy atom. The van der Waals surface area contributed by atoms with Gasteiger partial charge in [0, 0.05) is 24.4 Å². The van der Waals surface area contributed by atoms with Crippen LogP contribution in [-0.2, 0) is 11.2 Å². The van der Waals surface area contributed by atoms with Crippen molar-refractivity contribution in [2.24, 2.45) is 5.92 Å². The first-order chi connectivity index (χ1) is 10.7. The lowest BCUT2D eigenvalue weighted by molar-refractivity contribution is 0.185. The van der Waals surface area contributed by atoms with E-state index < -0.39 is 0 Å². The minimum Gasteiger partial charge on any atom is -0.481 e. The molecule has 3 rings (SSSR count). The van der Waals surface area contributed by atoms with Crippen molar-refractivity contribution in [3.8, 4) is 5.88 Å². The summed E-state index contributed by atoms with van der Waals surface area (Å²) in [7, 11) is 1.55. The minimum absolute atomic E-state index is 0.173. The van der Waals surface area contributed by atoms with Crippen LogP contribution in [0.3, 0.4) is 0 Å². The maximum absolute atomic E-state index is 5.69. The van der Waals surface area contributed by atoms with Gasteiger partial charge in [-0.25, -0.2) is 0 Å². The number of methoxy groups -OCH3 is 1. The number of hydrogen-bond donors (Lipinski definition) is 2. The Morgan fingerprint density at radius 1 is 1.32 bits per heavy atom. The molecular formula is C15H19N5O2. The Morgan fingerprint density at radius 2 is 2.14 bits per heavy atom. The lowest BCUT2D eigenvalue weighted by Crippen LogP contribution is -2.29. The molecule has 116 valence electrons. The Bertz CT molecular complexity index is 623. The van der Waals surface area contributed by atoms with Gasteiger partial charge in [-0.15, -0.1) is 0 Å². The van der Waals surface area contributed by atoms with Gasteiger partial charge in [-0.2, -0.15) is 9.97 Å². The zero-order chi connectivity index (χ0) is 15.4. The van der Waals surface area contributed by atoms with Crippen molar-refractivity contribution in [2.75, 3.05) is 31.4 Å². The first-order valence-corrected chi connectivity index (χ1v) is 7.16. The van der Waals surface area contributed by atoms with E-state index in [1.165, 1.54) is 5.56 Å². The topological polar surface area (TPSA) is 95.2 Å². The molecule has 0 bridgehead atoms. The molecule has 1 fully saturated rings.